The fraction of sp³-hybridized carbons (Fsp3) is 0.150. The van der Waals surface area contributed by atoms with Gasteiger partial charge in [-0.05, 0) is 35.9 Å². The highest BCUT2D eigenvalue weighted by molar-refractivity contribution is 5.95. The van der Waals surface area contributed by atoms with Gasteiger partial charge in [-0.15, -0.1) is 0 Å². The Labute approximate surface area is 141 Å². The lowest BCUT2D eigenvalue weighted by atomic mass is 10.1. The van der Waals surface area contributed by atoms with Crippen molar-refractivity contribution in [3.63, 3.8) is 0 Å². The average molecular weight is 320 g/mol. The van der Waals surface area contributed by atoms with Gasteiger partial charge >= 0.3 is 0 Å². The van der Waals surface area contributed by atoms with E-state index in [1.165, 1.54) is 5.56 Å². The predicted octanol–water partition coefficient (Wildman–Crippen LogP) is 3.85. The van der Waals surface area contributed by atoms with Crippen LogP contribution in [0.25, 0.3) is 0 Å². The van der Waals surface area contributed by atoms with Gasteiger partial charge in [0.1, 0.15) is 5.76 Å². The molecule has 0 unspecified atom stereocenters. The molecule has 4 nitrogen and oxygen atoms in total. The number of nitrogens with zero attached hydrogens (tertiary/aromatic N) is 1. The summed E-state index contributed by atoms with van der Waals surface area (Å²) in [5.41, 5.74) is 2.87. The van der Waals surface area contributed by atoms with Crippen LogP contribution in [0.5, 0.6) is 0 Å². The van der Waals surface area contributed by atoms with Crippen molar-refractivity contribution in [1.29, 1.82) is 0 Å². The largest absolute Gasteiger partial charge is 0.467 e. The van der Waals surface area contributed by atoms with Gasteiger partial charge in [0.2, 0.25) is 0 Å². The minimum Gasteiger partial charge on any atom is -0.467 e. The van der Waals surface area contributed by atoms with Crippen molar-refractivity contribution < 1.29 is 9.21 Å². The Hall–Kier alpha value is -3.01. The smallest absolute Gasteiger partial charge is 0.251 e. The van der Waals surface area contributed by atoms with Crippen molar-refractivity contribution >= 4 is 11.6 Å². The molecule has 0 aliphatic heterocycles. The third-order valence-electron chi connectivity index (χ3n) is 3.81. The molecule has 1 heterocycles. The maximum absolute atomic E-state index is 12.3. The van der Waals surface area contributed by atoms with Crippen LogP contribution >= 0.6 is 0 Å². The minimum atomic E-state index is -0.110. The summed E-state index contributed by atoms with van der Waals surface area (Å²) in [7, 11) is 2.02. The first-order chi connectivity index (χ1) is 11.7. The highest BCUT2D eigenvalue weighted by atomic mass is 16.3. The molecule has 0 fully saturated rings. The highest BCUT2D eigenvalue weighted by Gasteiger charge is 2.09. The summed E-state index contributed by atoms with van der Waals surface area (Å²) in [5.74, 6) is 0.627. The molecule has 2 aromatic carbocycles. The summed E-state index contributed by atoms with van der Waals surface area (Å²) in [5, 5.41) is 2.87. The monoisotopic (exact) mass is 320 g/mol. The third-order valence-corrected chi connectivity index (χ3v) is 3.81. The van der Waals surface area contributed by atoms with Gasteiger partial charge in [-0.1, -0.05) is 36.4 Å². The Morgan fingerprint density at radius 3 is 2.62 bits per heavy atom. The molecule has 1 amide bonds. The number of anilines is 1. The second kappa shape index (κ2) is 7.51. The van der Waals surface area contributed by atoms with E-state index < -0.39 is 0 Å². The maximum atomic E-state index is 12.3. The van der Waals surface area contributed by atoms with Gasteiger partial charge in [0, 0.05) is 24.8 Å². The number of amides is 1. The van der Waals surface area contributed by atoms with Crippen LogP contribution < -0.4 is 10.2 Å². The number of nitrogens with one attached hydrogen (secondary N) is 1. The molecule has 0 spiro atoms. The Kier molecular flexibility index (Phi) is 4.96. The molecular weight excluding hydrogens is 300 g/mol. The van der Waals surface area contributed by atoms with Gasteiger partial charge < -0.3 is 14.6 Å². The molecule has 0 atom stereocenters. The van der Waals surface area contributed by atoms with Crippen LogP contribution in [0.15, 0.2) is 77.4 Å². The lowest BCUT2D eigenvalue weighted by molar-refractivity contribution is 0.0948. The SMILES string of the molecule is CN(Cc1ccccc1)c1cccc(C(=O)NCc2ccco2)c1. The standard InChI is InChI=1S/C20H20N2O2/c1-22(15-16-7-3-2-4-8-16)18-10-5-9-17(13-18)20(23)21-14-19-11-6-12-24-19/h2-13H,14-15H2,1H3,(H,21,23). The summed E-state index contributed by atoms with van der Waals surface area (Å²) < 4.78 is 5.23. The van der Waals surface area contributed by atoms with E-state index in [0.29, 0.717) is 12.1 Å². The van der Waals surface area contributed by atoms with E-state index in [1.54, 1.807) is 12.3 Å². The number of benzene rings is 2. The van der Waals surface area contributed by atoms with Crippen LogP contribution in [0.4, 0.5) is 5.69 Å². The molecular formula is C20H20N2O2. The summed E-state index contributed by atoms with van der Waals surface area (Å²) in [4.78, 5) is 14.4. The van der Waals surface area contributed by atoms with E-state index >= 15 is 0 Å². The first-order valence-electron chi connectivity index (χ1n) is 7.88. The van der Waals surface area contributed by atoms with Gasteiger partial charge in [-0.2, -0.15) is 0 Å². The number of hydrogen-bond acceptors (Lipinski definition) is 3. The van der Waals surface area contributed by atoms with Gasteiger partial charge in [0.25, 0.3) is 5.91 Å². The molecule has 3 rings (SSSR count). The fourth-order valence-corrected chi connectivity index (χ4v) is 2.52. The molecule has 122 valence electrons. The molecule has 4 heteroatoms. The van der Waals surface area contributed by atoms with Crippen molar-refractivity contribution in [2.45, 2.75) is 13.1 Å². The van der Waals surface area contributed by atoms with Crippen molar-refractivity contribution in [1.82, 2.24) is 5.32 Å². The van der Waals surface area contributed by atoms with Crippen molar-refractivity contribution in [3.05, 3.63) is 89.9 Å². The van der Waals surface area contributed by atoms with E-state index in [0.717, 1.165) is 18.0 Å². The van der Waals surface area contributed by atoms with Crippen LogP contribution in [-0.2, 0) is 13.1 Å². The predicted molar refractivity (Wildman–Crippen MR) is 94.9 cm³/mol. The topological polar surface area (TPSA) is 45.5 Å². The minimum absolute atomic E-state index is 0.110. The number of carbonyl (C=O) groups excluding carboxylic acids is 1. The van der Waals surface area contributed by atoms with E-state index in [1.807, 2.05) is 55.6 Å². The van der Waals surface area contributed by atoms with E-state index in [2.05, 4.69) is 22.3 Å². The Bertz CT molecular complexity index is 782. The molecule has 0 saturated carbocycles. The summed E-state index contributed by atoms with van der Waals surface area (Å²) in [6.45, 7) is 1.17. The van der Waals surface area contributed by atoms with Crippen molar-refractivity contribution in [2.75, 3.05) is 11.9 Å². The zero-order valence-corrected chi connectivity index (χ0v) is 13.6. The number of furan rings is 1. The van der Waals surface area contributed by atoms with E-state index in [4.69, 9.17) is 4.42 Å². The van der Waals surface area contributed by atoms with Gasteiger partial charge in [-0.3, -0.25) is 4.79 Å². The van der Waals surface area contributed by atoms with Crippen molar-refractivity contribution in [3.8, 4) is 0 Å². The lowest BCUT2D eigenvalue weighted by Crippen LogP contribution is -2.23. The molecule has 0 aliphatic carbocycles. The van der Waals surface area contributed by atoms with Crippen LogP contribution in [-0.4, -0.2) is 13.0 Å². The molecule has 24 heavy (non-hydrogen) atoms. The molecule has 1 N–H and O–H groups in total. The molecule has 3 aromatic rings. The Morgan fingerprint density at radius 1 is 1.04 bits per heavy atom. The van der Waals surface area contributed by atoms with E-state index in [-0.39, 0.29) is 5.91 Å². The van der Waals surface area contributed by atoms with E-state index in [9.17, 15) is 4.79 Å². The first kappa shape index (κ1) is 15.9. The van der Waals surface area contributed by atoms with Crippen LogP contribution in [0.2, 0.25) is 0 Å². The summed E-state index contributed by atoms with van der Waals surface area (Å²) >= 11 is 0. The molecule has 1 aromatic heterocycles. The van der Waals surface area contributed by atoms with Gasteiger partial charge in [-0.25, -0.2) is 0 Å². The quantitative estimate of drug-likeness (QED) is 0.750. The Balaban J connectivity index is 1.65. The zero-order valence-electron chi connectivity index (χ0n) is 13.6. The molecule has 0 radical (unpaired) electrons. The lowest BCUT2D eigenvalue weighted by Gasteiger charge is -2.20. The first-order valence-corrected chi connectivity index (χ1v) is 7.88. The molecule has 0 aliphatic rings. The number of hydrogen-bond donors (Lipinski definition) is 1. The fourth-order valence-electron chi connectivity index (χ4n) is 2.52. The number of carbonyl (C=O) groups is 1. The third kappa shape index (κ3) is 4.04. The summed E-state index contributed by atoms with van der Waals surface area (Å²) in [6.07, 6.45) is 1.60. The highest BCUT2D eigenvalue weighted by Crippen LogP contribution is 2.17. The van der Waals surface area contributed by atoms with Crippen LogP contribution in [0, 0.1) is 0 Å². The van der Waals surface area contributed by atoms with Crippen LogP contribution in [0.3, 0.4) is 0 Å². The normalized spacial score (nSPS) is 10.4. The molecule has 0 saturated heterocycles. The van der Waals surface area contributed by atoms with Gasteiger partial charge in [0.15, 0.2) is 0 Å². The maximum Gasteiger partial charge on any atom is 0.251 e. The number of rotatable bonds is 6. The molecule has 0 bridgehead atoms. The summed E-state index contributed by atoms with van der Waals surface area (Å²) in [6, 6.07) is 21.5. The van der Waals surface area contributed by atoms with Crippen LogP contribution in [0.1, 0.15) is 21.7 Å². The average Bonchev–Trinajstić information content (AvgIpc) is 3.14. The zero-order chi connectivity index (χ0) is 16.8. The Morgan fingerprint density at radius 2 is 1.88 bits per heavy atom. The van der Waals surface area contributed by atoms with Crippen molar-refractivity contribution in [2.24, 2.45) is 0 Å². The second-order valence-electron chi connectivity index (χ2n) is 5.65. The second-order valence-corrected chi connectivity index (χ2v) is 5.65. The van der Waals surface area contributed by atoms with Gasteiger partial charge in [0.05, 0.1) is 12.8 Å².